The largest absolute Gasteiger partial charge is 0.493 e. The summed E-state index contributed by atoms with van der Waals surface area (Å²) in [5.74, 6) is 1.46. The van der Waals surface area contributed by atoms with Gasteiger partial charge in [-0.1, -0.05) is 78.2 Å². The van der Waals surface area contributed by atoms with Crippen LogP contribution in [-0.4, -0.2) is 22.5 Å². The van der Waals surface area contributed by atoms with Gasteiger partial charge < -0.3 is 13.9 Å². The van der Waals surface area contributed by atoms with E-state index in [1.54, 1.807) is 14.2 Å². The van der Waals surface area contributed by atoms with Gasteiger partial charge in [-0.15, -0.1) is 0 Å². The van der Waals surface area contributed by atoms with Gasteiger partial charge in [-0.05, 0) is 39.7 Å². The summed E-state index contributed by atoms with van der Waals surface area (Å²) in [4.78, 5) is 0. The standard InChI is InChI=1S/C22H39BrO3Si/c1-14(2)27(15(3)4,16(5)6)26-21(22(7,8)9)17-12-19(24-10)20(25-11)13-18(17)23/h12-16,21H,1-11H3. The Bertz CT molecular complexity index is 599. The quantitative estimate of drug-likeness (QED) is 0.372. The number of hydrogen-bond acceptors (Lipinski definition) is 3. The summed E-state index contributed by atoms with van der Waals surface area (Å²) in [6, 6.07) is 4.05. The number of hydrogen-bond donors (Lipinski definition) is 0. The Balaban J connectivity index is 3.61. The Kier molecular flexibility index (Phi) is 8.46. The second kappa shape index (κ2) is 9.32. The van der Waals surface area contributed by atoms with Crippen molar-refractivity contribution in [2.24, 2.45) is 5.41 Å². The molecule has 1 unspecified atom stereocenters. The average molecular weight is 460 g/mol. The third kappa shape index (κ3) is 5.10. The smallest absolute Gasteiger partial charge is 0.201 e. The van der Waals surface area contributed by atoms with Gasteiger partial charge in [0.25, 0.3) is 0 Å². The van der Waals surface area contributed by atoms with Crippen LogP contribution < -0.4 is 9.47 Å². The second-order valence-electron chi connectivity index (χ2n) is 9.41. The highest BCUT2D eigenvalue weighted by molar-refractivity contribution is 9.10. The third-order valence-electron chi connectivity index (χ3n) is 5.60. The van der Waals surface area contributed by atoms with Crippen LogP contribution in [0.4, 0.5) is 0 Å². The zero-order chi connectivity index (χ0) is 21.2. The summed E-state index contributed by atoms with van der Waals surface area (Å²) >= 11 is 3.76. The fourth-order valence-corrected chi connectivity index (χ4v) is 10.6. The lowest BCUT2D eigenvalue weighted by atomic mass is 9.85. The van der Waals surface area contributed by atoms with Crippen molar-refractivity contribution in [1.29, 1.82) is 0 Å². The first kappa shape index (κ1) is 24.5. The van der Waals surface area contributed by atoms with Gasteiger partial charge in [-0.2, -0.15) is 0 Å². The Morgan fingerprint density at radius 2 is 1.22 bits per heavy atom. The topological polar surface area (TPSA) is 27.7 Å². The summed E-state index contributed by atoms with van der Waals surface area (Å²) in [5.41, 5.74) is 2.65. The van der Waals surface area contributed by atoms with Gasteiger partial charge in [0, 0.05) is 4.47 Å². The van der Waals surface area contributed by atoms with E-state index in [2.05, 4.69) is 84.3 Å². The lowest BCUT2D eigenvalue weighted by Gasteiger charge is -2.47. The molecule has 0 aliphatic carbocycles. The fraction of sp³-hybridized carbons (Fsp3) is 0.727. The van der Waals surface area contributed by atoms with Gasteiger partial charge in [-0.3, -0.25) is 0 Å². The minimum atomic E-state index is -2.05. The molecule has 0 saturated heterocycles. The molecule has 0 saturated carbocycles. The predicted molar refractivity (Wildman–Crippen MR) is 122 cm³/mol. The molecule has 1 aromatic carbocycles. The average Bonchev–Trinajstić information content (AvgIpc) is 2.53. The molecule has 156 valence electrons. The van der Waals surface area contributed by atoms with E-state index < -0.39 is 8.32 Å². The fourth-order valence-electron chi connectivity index (χ4n) is 4.39. The van der Waals surface area contributed by atoms with E-state index in [9.17, 15) is 0 Å². The molecule has 0 bridgehead atoms. The van der Waals surface area contributed by atoms with Gasteiger partial charge in [-0.25, -0.2) is 0 Å². The summed E-state index contributed by atoms with van der Waals surface area (Å²) in [5, 5.41) is 0. The predicted octanol–water partition coefficient (Wildman–Crippen LogP) is 7.75. The maximum absolute atomic E-state index is 7.24. The van der Waals surface area contributed by atoms with Crippen LogP contribution >= 0.6 is 15.9 Å². The normalized spacial score (nSPS) is 14.2. The Morgan fingerprint density at radius 3 is 1.56 bits per heavy atom. The molecule has 3 nitrogen and oxygen atoms in total. The van der Waals surface area contributed by atoms with Crippen LogP contribution in [0, 0.1) is 5.41 Å². The summed E-state index contributed by atoms with van der Waals surface area (Å²) in [6.07, 6.45) is -0.0365. The van der Waals surface area contributed by atoms with Crippen LogP contribution in [0.15, 0.2) is 16.6 Å². The van der Waals surface area contributed by atoms with Crippen molar-refractivity contribution in [3.63, 3.8) is 0 Å². The van der Waals surface area contributed by atoms with Gasteiger partial charge in [0.2, 0.25) is 8.32 Å². The molecule has 0 aliphatic heterocycles. The number of ether oxygens (including phenoxy) is 2. The molecule has 1 atom stereocenters. The van der Waals surface area contributed by atoms with E-state index in [1.807, 2.05) is 6.07 Å². The molecular formula is C22H39BrO3Si. The van der Waals surface area contributed by atoms with Crippen LogP contribution in [-0.2, 0) is 4.43 Å². The minimum absolute atomic E-state index is 0.0365. The number of methoxy groups -OCH3 is 2. The van der Waals surface area contributed by atoms with Gasteiger partial charge >= 0.3 is 0 Å². The molecule has 0 aromatic heterocycles. The highest BCUT2D eigenvalue weighted by Gasteiger charge is 2.48. The molecule has 27 heavy (non-hydrogen) atoms. The minimum Gasteiger partial charge on any atom is -0.493 e. The van der Waals surface area contributed by atoms with Crippen molar-refractivity contribution >= 4 is 24.2 Å². The first-order valence-corrected chi connectivity index (χ1v) is 12.8. The van der Waals surface area contributed by atoms with E-state index in [0.717, 1.165) is 21.5 Å². The van der Waals surface area contributed by atoms with Crippen molar-refractivity contribution < 1.29 is 13.9 Å². The Hall–Kier alpha value is -0.523. The van der Waals surface area contributed by atoms with E-state index in [1.165, 1.54) is 0 Å². The molecule has 1 rings (SSSR count). The van der Waals surface area contributed by atoms with Crippen LogP contribution in [0.5, 0.6) is 11.5 Å². The second-order valence-corrected chi connectivity index (χ2v) is 15.7. The first-order chi connectivity index (χ1) is 12.3. The maximum atomic E-state index is 7.24. The van der Waals surface area contributed by atoms with Crippen LogP contribution in [0.25, 0.3) is 0 Å². The summed E-state index contributed by atoms with van der Waals surface area (Å²) in [6.45, 7) is 20.7. The van der Waals surface area contributed by atoms with Gasteiger partial charge in [0.05, 0.1) is 20.3 Å². The zero-order valence-electron chi connectivity index (χ0n) is 19.1. The molecule has 0 N–H and O–H groups in total. The van der Waals surface area contributed by atoms with E-state index in [-0.39, 0.29) is 11.5 Å². The molecule has 0 radical (unpaired) electrons. The van der Waals surface area contributed by atoms with Crippen molar-refractivity contribution in [2.45, 2.75) is 85.0 Å². The molecule has 0 aliphatic rings. The van der Waals surface area contributed by atoms with Crippen molar-refractivity contribution in [1.82, 2.24) is 0 Å². The van der Waals surface area contributed by atoms with Crippen molar-refractivity contribution in [3.05, 3.63) is 22.2 Å². The van der Waals surface area contributed by atoms with Gasteiger partial charge in [0.15, 0.2) is 11.5 Å². The Labute approximate surface area is 176 Å². The summed E-state index contributed by atoms with van der Waals surface area (Å²) in [7, 11) is 1.29. The highest BCUT2D eigenvalue weighted by atomic mass is 79.9. The van der Waals surface area contributed by atoms with Crippen LogP contribution in [0.1, 0.15) is 74.0 Å². The van der Waals surface area contributed by atoms with Crippen molar-refractivity contribution in [3.8, 4) is 11.5 Å². The Morgan fingerprint density at radius 1 is 0.815 bits per heavy atom. The van der Waals surface area contributed by atoms with Gasteiger partial charge in [0.1, 0.15) is 0 Å². The van der Waals surface area contributed by atoms with Crippen LogP contribution in [0.3, 0.4) is 0 Å². The zero-order valence-corrected chi connectivity index (χ0v) is 21.7. The maximum Gasteiger partial charge on any atom is 0.201 e. The molecule has 0 heterocycles. The molecule has 1 aromatic rings. The van der Waals surface area contributed by atoms with E-state index in [0.29, 0.717) is 16.6 Å². The first-order valence-electron chi connectivity index (χ1n) is 9.92. The number of rotatable bonds is 8. The van der Waals surface area contributed by atoms with E-state index >= 15 is 0 Å². The molecule has 0 amide bonds. The highest BCUT2D eigenvalue weighted by Crippen LogP contribution is 2.51. The van der Waals surface area contributed by atoms with Crippen molar-refractivity contribution in [2.75, 3.05) is 14.2 Å². The lowest BCUT2D eigenvalue weighted by Crippen LogP contribution is -2.50. The monoisotopic (exact) mass is 458 g/mol. The molecule has 0 fully saturated rings. The van der Waals surface area contributed by atoms with E-state index in [4.69, 9.17) is 13.9 Å². The third-order valence-corrected chi connectivity index (χ3v) is 12.3. The molecule has 5 heteroatoms. The SMILES string of the molecule is COc1cc(Br)c(C(O[Si](C(C)C)(C(C)C)C(C)C)C(C)(C)C)cc1OC. The summed E-state index contributed by atoms with van der Waals surface area (Å²) < 4.78 is 19.3. The molecule has 0 spiro atoms. The lowest BCUT2D eigenvalue weighted by molar-refractivity contribution is 0.0675. The number of benzene rings is 1. The van der Waals surface area contributed by atoms with Crippen LogP contribution in [0.2, 0.25) is 16.6 Å². The molecular weight excluding hydrogens is 420 g/mol. The number of halogens is 1.